The van der Waals surface area contributed by atoms with Crippen LogP contribution in [0, 0.1) is 6.42 Å². The van der Waals surface area contributed by atoms with Crippen molar-refractivity contribution in [1.29, 1.82) is 0 Å². The average molecular weight is 315 g/mol. The lowest BCUT2D eigenvalue weighted by Crippen LogP contribution is -2.44. The van der Waals surface area contributed by atoms with E-state index in [0.29, 0.717) is 26.8 Å². The van der Waals surface area contributed by atoms with Gasteiger partial charge in [0.25, 0.3) is 0 Å². The van der Waals surface area contributed by atoms with Gasteiger partial charge in [0.1, 0.15) is 5.69 Å². The van der Waals surface area contributed by atoms with Gasteiger partial charge in [0, 0.05) is 11.6 Å². The third-order valence-corrected chi connectivity index (χ3v) is 4.43. The molecule has 113 valence electrons. The molecule has 1 fully saturated rings. The molecule has 6 nitrogen and oxygen atoms in total. The normalized spacial score (nSPS) is 17.0. The van der Waals surface area contributed by atoms with E-state index in [9.17, 15) is 9.59 Å². The van der Waals surface area contributed by atoms with E-state index in [2.05, 4.69) is 10.3 Å². The van der Waals surface area contributed by atoms with Gasteiger partial charge in [0.15, 0.2) is 10.9 Å². The molecule has 7 heteroatoms. The standard InChI is InChI=1S/C15H15N4O2S/c16-14(21)9-3-1-2-8(6-9)13-12(19-15(17)22-13)11(20)7-10-4-5-18-10/h1-3,6-7,10,18H,4-5H2,(H2,16,21)(H2,17,19). The first-order valence-electron chi connectivity index (χ1n) is 6.83. The number of anilines is 1. The second-order valence-corrected chi connectivity index (χ2v) is 6.09. The Balaban J connectivity index is 1.94. The van der Waals surface area contributed by atoms with Gasteiger partial charge in [-0.1, -0.05) is 23.5 Å². The minimum absolute atomic E-state index is 0.0974. The molecular weight excluding hydrogens is 300 g/mol. The predicted octanol–water partition coefficient (Wildman–Crippen LogP) is 1.24. The maximum atomic E-state index is 12.4. The van der Waals surface area contributed by atoms with E-state index in [0.717, 1.165) is 13.0 Å². The van der Waals surface area contributed by atoms with Crippen molar-refractivity contribution in [3.63, 3.8) is 0 Å². The minimum atomic E-state index is -0.516. The molecule has 1 radical (unpaired) electrons. The maximum absolute atomic E-state index is 12.4. The summed E-state index contributed by atoms with van der Waals surface area (Å²) >= 11 is 1.22. The Morgan fingerprint density at radius 1 is 1.41 bits per heavy atom. The van der Waals surface area contributed by atoms with Crippen molar-refractivity contribution in [2.75, 3.05) is 12.3 Å². The highest BCUT2D eigenvalue weighted by molar-refractivity contribution is 7.19. The molecule has 3 rings (SSSR count). The van der Waals surface area contributed by atoms with Gasteiger partial charge in [0.2, 0.25) is 5.91 Å². The van der Waals surface area contributed by atoms with E-state index >= 15 is 0 Å². The van der Waals surface area contributed by atoms with E-state index in [4.69, 9.17) is 11.5 Å². The van der Waals surface area contributed by atoms with Gasteiger partial charge < -0.3 is 16.8 Å². The number of amides is 1. The monoisotopic (exact) mass is 315 g/mol. The molecule has 1 unspecified atom stereocenters. The van der Waals surface area contributed by atoms with Crippen molar-refractivity contribution in [1.82, 2.24) is 10.3 Å². The van der Waals surface area contributed by atoms with E-state index in [1.807, 2.05) is 0 Å². The third-order valence-electron chi connectivity index (χ3n) is 3.50. The van der Waals surface area contributed by atoms with Crippen molar-refractivity contribution in [3.05, 3.63) is 41.9 Å². The van der Waals surface area contributed by atoms with Crippen LogP contribution in [0.25, 0.3) is 10.4 Å². The van der Waals surface area contributed by atoms with E-state index < -0.39 is 5.91 Å². The summed E-state index contributed by atoms with van der Waals surface area (Å²) in [6.07, 6.45) is 2.57. The van der Waals surface area contributed by atoms with Crippen LogP contribution in [-0.2, 0) is 0 Å². The molecule has 1 aromatic carbocycles. The average Bonchev–Trinajstić information content (AvgIpc) is 2.85. The largest absolute Gasteiger partial charge is 0.375 e. The Bertz CT molecular complexity index is 737. The fraction of sp³-hybridized carbons (Fsp3) is 0.200. The summed E-state index contributed by atoms with van der Waals surface area (Å²) in [4.78, 5) is 28.5. The summed E-state index contributed by atoms with van der Waals surface area (Å²) in [6, 6.07) is 6.89. The van der Waals surface area contributed by atoms with Crippen molar-refractivity contribution in [3.8, 4) is 10.4 Å². The lowest BCUT2D eigenvalue weighted by atomic mass is 9.98. The lowest BCUT2D eigenvalue weighted by molar-refractivity contribution is 0.0995. The second-order valence-electron chi connectivity index (χ2n) is 5.06. The van der Waals surface area contributed by atoms with E-state index in [1.54, 1.807) is 30.7 Å². The molecule has 2 heterocycles. The molecule has 0 spiro atoms. The third kappa shape index (κ3) is 2.86. The molecule has 0 aliphatic carbocycles. The van der Waals surface area contributed by atoms with Crippen LogP contribution in [0.3, 0.4) is 0 Å². The van der Waals surface area contributed by atoms with Crippen LogP contribution in [0.4, 0.5) is 5.13 Å². The number of hydrogen-bond acceptors (Lipinski definition) is 6. The molecule has 22 heavy (non-hydrogen) atoms. The summed E-state index contributed by atoms with van der Waals surface area (Å²) in [6.45, 7) is 0.918. The summed E-state index contributed by atoms with van der Waals surface area (Å²) in [5.74, 6) is -0.679. The number of nitrogens with one attached hydrogen (secondary N) is 1. The van der Waals surface area contributed by atoms with Crippen molar-refractivity contribution in [2.24, 2.45) is 5.73 Å². The van der Waals surface area contributed by atoms with Gasteiger partial charge in [-0.3, -0.25) is 9.59 Å². The Morgan fingerprint density at radius 3 is 2.82 bits per heavy atom. The lowest BCUT2D eigenvalue weighted by Gasteiger charge is -2.26. The summed E-state index contributed by atoms with van der Waals surface area (Å²) in [5, 5.41) is 3.46. The van der Waals surface area contributed by atoms with Crippen LogP contribution in [0.15, 0.2) is 24.3 Å². The van der Waals surface area contributed by atoms with Crippen LogP contribution < -0.4 is 16.8 Å². The highest BCUT2D eigenvalue weighted by atomic mass is 32.1. The molecular formula is C15H15N4O2S. The first-order valence-corrected chi connectivity index (χ1v) is 7.65. The van der Waals surface area contributed by atoms with Crippen LogP contribution in [0.1, 0.15) is 27.3 Å². The number of benzene rings is 1. The van der Waals surface area contributed by atoms with Crippen molar-refractivity contribution < 1.29 is 9.59 Å². The number of nitrogens with zero attached hydrogens (tertiary/aromatic N) is 1. The van der Waals surface area contributed by atoms with Gasteiger partial charge in [-0.05, 0) is 30.7 Å². The molecule has 1 saturated heterocycles. The summed E-state index contributed by atoms with van der Waals surface area (Å²) in [7, 11) is 0. The highest BCUT2D eigenvalue weighted by Crippen LogP contribution is 2.33. The molecule has 1 amide bonds. The first-order chi connectivity index (χ1) is 10.5. The minimum Gasteiger partial charge on any atom is -0.375 e. The van der Waals surface area contributed by atoms with Gasteiger partial charge in [0.05, 0.1) is 11.3 Å². The fourth-order valence-electron chi connectivity index (χ4n) is 2.23. The van der Waals surface area contributed by atoms with Crippen LogP contribution in [0.5, 0.6) is 0 Å². The number of hydrogen-bond donors (Lipinski definition) is 3. The topological polar surface area (TPSA) is 111 Å². The zero-order chi connectivity index (χ0) is 15.7. The second kappa shape index (κ2) is 5.86. The van der Waals surface area contributed by atoms with Crippen LogP contribution >= 0.6 is 11.3 Å². The molecule has 2 aromatic rings. The molecule has 1 aliphatic rings. The maximum Gasteiger partial charge on any atom is 0.248 e. The number of nitrogen functional groups attached to an aromatic ring is 1. The zero-order valence-corrected chi connectivity index (χ0v) is 12.5. The van der Waals surface area contributed by atoms with Crippen molar-refractivity contribution in [2.45, 2.75) is 12.5 Å². The molecule has 5 N–H and O–H groups in total. The first kappa shape index (κ1) is 14.7. The van der Waals surface area contributed by atoms with Gasteiger partial charge in [-0.15, -0.1) is 0 Å². The number of aromatic nitrogens is 1. The Labute approximate surface area is 131 Å². The smallest absolute Gasteiger partial charge is 0.248 e. The van der Waals surface area contributed by atoms with Gasteiger partial charge >= 0.3 is 0 Å². The summed E-state index contributed by atoms with van der Waals surface area (Å²) < 4.78 is 0. The van der Waals surface area contributed by atoms with E-state index in [-0.39, 0.29) is 11.8 Å². The summed E-state index contributed by atoms with van der Waals surface area (Å²) in [5.41, 5.74) is 12.5. The predicted molar refractivity (Wildman–Crippen MR) is 85.5 cm³/mol. The Hall–Kier alpha value is -2.25. The van der Waals surface area contributed by atoms with Gasteiger partial charge in [-0.2, -0.15) is 0 Å². The number of carbonyl (C=O) groups excluding carboxylic acids is 2. The van der Waals surface area contributed by atoms with Crippen molar-refractivity contribution >= 4 is 28.2 Å². The van der Waals surface area contributed by atoms with E-state index in [1.165, 1.54) is 11.3 Å². The molecule has 1 aliphatic heterocycles. The quantitative estimate of drug-likeness (QED) is 0.719. The highest BCUT2D eigenvalue weighted by Gasteiger charge is 2.25. The Morgan fingerprint density at radius 2 is 2.18 bits per heavy atom. The van der Waals surface area contributed by atoms with Crippen LogP contribution in [-0.4, -0.2) is 29.3 Å². The number of ketones is 1. The molecule has 1 atom stereocenters. The molecule has 0 saturated carbocycles. The zero-order valence-electron chi connectivity index (χ0n) is 11.7. The number of carbonyl (C=O) groups is 2. The number of Topliss-reactive ketones (excluding diaryl/α,β-unsaturated/α-hetero) is 1. The van der Waals surface area contributed by atoms with Gasteiger partial charge in [-0.25, -0.2) is 4.98 Å². The number of thiazole rings is 1. The number of primary amides is 1. The number of rotatable bonds is 5. The van der Waals surface area contributed by atoms with Crippen LogP contribution in [0.2, 0.25) is 0 Å². The SMILES string of the molecule is NC(=O)c1cccc(-c2sc(N)nc2C(=O)[CH]C2CCN2)c1. The molecule has 0 bridgehead atoms. The molecule has 1 aromatic heterocycles. The fourth-order valence-corrected chi connectivity index (χ4v) is 3.06. The number of nitrogens with two attached hydrogens (primary N) is 2. The Kier molecular flexibility index (Phi) is 3.91.